The summed E-state index contributed by atoms with van der Waals surface area (Å²) in [6, 6.07) is 0. The van der Waals surface area contributed by atoms with Crippen LogP contribution in [0.25, 0.3) is 0 Å². The van der Waals surface area contributed by atoms with E-state index in [1.54, 1.807) is 6.92 Å². The highest BCUT2D eigenvalue weighted by Gasteiger charge is 2.28. The molecule has 2 nitrogen and oxygen atoms in total. The summed E-state index contributed by atoms with van der Waals surface area (Å²) in [4.78, 5) is 0. The van der Waals surface area contributed by atoms with E-state index in [1.807, 2.05) is 13.8 Å². The highest BCUT2D eigenvalue weighted by Crippen LogP contribution is 2.27. The second kappa shape index (κ2) is 4.97. The van der Waals surface area contributed by atoms with E-state index in [0.29, 0.717) is 12.3 Å². The maximum absolute atomic E-state index is 9.88. The van der Waals surface area contributed by atoms with Gasteiger partial charge in [0.1, 0.15) is 0 Å². The minimum atomic E-state index is -0.633. The predicted octanol–water partition coefficient (Wildman–Crippen LogP) is 2.19. The summed E-state index contributed by atoms with van der Waals surface area (Å²) in [6.45, 7) is 9.78. The molecular weight excluding hydrogens is 164 g/mol. The molecule has 0 aliphatic rings. The van der Waals surface area contributed by atoms with Gasteiger partial charge in [-0.15, -0.1) is 0 Å². The topological polar surface area (TPSA) is 40.5 Å². The molecule has 13 heavy (non-hydrogen) atoms. The summed E-state index contributed by atoms with van der Waals surface area (Å²) in [7, 11) is 0. The molecule has 3 unspecified atom stereocenters. The lowest BCUT2D eigenvalue weighted by Gasteiger charge is -2.31. The van der Waals surface area contributed by atoms with Crippen molar-refractivity contribution in [2.24, 2.45) is 11.8 Å². The molecule has 0 rings (SSSR count). The van der Waals surface area contributed by atoms with Crippen LogP contribution in [0.3, 0.4) is 0 Å². The van der Waals surface area contributed by atoms with Crippen LogP contribution >= 0.6 is 0 Å². The summed E-state index contributed by atoms with van der Waals surface area (Å²) in [5, 5.41) is 19.4. The average molecular weight is 188 g/mol. The van der Waals surface area contributed by atoms with Crippen molar-refractivity contribution in [1.82, 2.24) is 0 Å². The Morgan fingerprint density at radius 1 is 1.23 bits per heavy atom. The molecule has 0 heterocycles. The van der Waals surface area contributed by atoms with Gasteiger partial charge in [-0.25, -0.2) is 0 Å². The monoisotopic (exact) mass is 188 g/mol. The third-order valence-corrected chi connectivity index (χ3v) is 2.91. The van der Waals surface area contributed by atoms with Crippen molar-refractivity contribution in [3.63, 3.8) is 0 Å². The van der Waals surface area contributed by atoms with Crippen LogP contribution in [-0.4, -0.2) is 21.9 Å². The van der Waals surface area contributed by atoms with Gasteiger partial charge in [0.05, 0.1) is 11.7 Å². The Labute approximate surface area is 82.0 Å². The van der Waals surface area contributed by atoms with Crippen molar-refractivity contribution in [1.29, 1.82) is 0 Å². The molecule has 0 aromatic heterocycles. The van der Waals surface area contributed by atoms with Crippen LogP contribution in [0, 0.1) is 11.8 Å². The molecule has 3 atom stereocenters. The van der Waals surface area contributed by atoms with Gasteiger partial charge in [-0.05, 0) is 38.5 Å². The molecule has 0 aromatic rings. The zero-order valence-corrected chi connectivity index (χ0v) is 9.54. The van der Waals surface area contributed by atoms with Crippen molar-refractivity contribution >= 4 is 0 Å². The highest BCUT2D eigenvalue weighted by atomic mass is 16.3. The molecule has 0 saturated carbocycles. The normalized spacial score (nSPS) is 21.2. The summed E-state index contributed by atoms with van der Waals surface area (Å²) >= 11 is 0. The van der Waals surface area contributed by atoms with Crippen molar-refractivity contribution in [3.05, 3.63) is 0 Å². The van der Waals surface area contributed by atoms with Gasteiger partial charge < -0.3 is 10.2 Å². The number of hydrogen-bond donors (Lipinski definition) is 2. The maximum Gasteiger partial charge on any atom is 0.0620 e. The van der Waals surface area contributed by atoms with Gasteiger partial charge >= 0.3 is 0 Å². The third-order valence-electron chi connectivity index (χ3n) is 2.91. The zero-order valence-electron chi connectivity index (χ0n) is 9.54. The molecule has 0 radical (unpaired) electrons. The molecule has 0 aliphatic heterocycles. The van der Waals surface area contributed by atoms with Crippen molar-refractivity contribution < 1.29 is 10.2 Å². The number of rotatable bonds is 5. The molecule has 0 spiro atoms. The predicted molar refractivity (Wildman–Crippen MR) is 55.5 cm³/mol. The summed E-state index contributed by atoms with van der Waals surface area (Å²) in [6.07, 6.45) is 1.08. The first kappa shape index (κ1) is 12.9. The van der Waals surface area contributed by atoms with E-state index in [-0.39, 0.29) is 12.0 Å². The second-order valence-electron chi connectivity index (χ2n) is 4.70. The Hall–Kier alpha value is -0.0800. The quantitative estimate of drug-likeness (QED) is 0.694. The Balaban J connectivity index is 4.26. The molecule has 0 bridgehead atoms. The zero-order chi connectivity index (χ0) is 10.6. The van der Waals surface area contributed by atoms with Gasteiger partial charge in [0, 0.05) is 0 Å². The largest absolute Gasteiger partial charge is 0.393 e. The van der Waals surface area contributed by atoms with Crippen LogP contribution in [-0.2, 0) is 0 Å². The minimum absolute atomic E-state index is 0.190. The van der Waals surface area contributed by atoms with Crippen LogP contribution in [0.4, 0.5) is 0 Å². The average Bonchev–Trinajstić information content (AvgIpc) is 1.99. The molecule has 0 saturated heterocycles. The van der Waals surface area contributed by atoms with Crippen molar-refractivity contribution in [2.75, 3.05) is 0 Å². The fraction of sp³-hybridized carbons (Fsp3) is 1.00. The summed E-state index contributed by atoms with van der Waals surface area (Å²) in [5.74, 6) is 0.605. The lowest BCUT2D eigenvalue weighted by atomic mass is 9.80. The molecule has 0 aliphatic carbocycles. The van der Waals surface area contributed by atoms with Gasteiger partial charge in [-0.1, -0.05) is 20.8 Å². The molecule has 2 N–H and O–H groups in total. The lowest BCUT2D eigenvalue weighted by molar-refractivity contribution is -0.0106. The molecule has 0 amide bonds. The van der Waals surface area contributed by atoms with E-state index in [4.69, 9.17) is 0 Å². The van der Waals surface area contributed by atoms with Crippen LogP contribution in [0.5, 0.6) is 0 Å². The second-order valence-corrected chi connectivity index (χ2v) is 4.70. The molecule has 80 valence electrons. The smallest absolute Gasteiger partial charge is 0.0620 e. The number of aliphatic hydroxyl groups excluding tert-OH is 1. The van der Waals surface area contributed by atoms with E-state index >= 15 is 0 Å². The van der Waals surface area contributed by atoms with Gasteiger partial charge in [-0.2, -0.15) is 0 Å². The van der Waals surface area contributed by atoms with E-state index in [0.717, 1.165) is 6.42 Å². The van der Waals surface area contributed by atoms with E-state index in [2.05, 4.69) is 13.8 Å². The molecule has 0 aromatic carbocycles. The molecular formula is C11H24O2. The lowest BCUT2D eigenvalue weighted by Crippen LogP contribution is -2.33. The SMILES string of the molecule is CCC(C)(O)CC(C(C)C)C(C)O. The van der Waals surface area contributed by atoms with Crippen LogP contribution in [0.2, 0.25) is 0 Å². The van der Waals surface area contributed by atoms with Gasteiger partial charge in [0.2, 0.25) is 0 Å². The Morgan fingerprint density at radius 2 is 1.69 bits per heavy atom. The number of aliphatic hydroxyl groups is 2. The van der Waals surface area contributed by atoms with E-state index < -0.39 is 5.60 Å². The van der Waals surface area contributed by atoms with Crippen molar-refractivity contribution in [2.45, 2.75) is 59.2 Å². The fourth-order valence-corrected chi connectivity index (χ4v) is 1.62. The maximum atomic E-state index is 9.88. The Kier molecular flexibility index (Phi) is 4.93. The molecule has 2 heteroatoms. The van der Waals surface area contributed by atoms with Gasteiger partial charge in [0.15, 0.2) is 0 Å². The molecule has 0 fully saturated rings. The van der Waals surface area contributed by atoms with Crippen LogP contribution in [0.15, 0.2) is 0 Å². The first-order valence-electron chi connectivity index (χ1n) is 5.20. The standard InChI is InChI=1S/C11H24O2/c1-6-11(5,13)7-10(8(2)3)9(4)12/h8-10,12-13H,6-7H2,1-5H3. The van der Waals surface area contributed by atoms with Gasteiger partial charge in [0.25, 0.3) is 0 Å². The van der Waals surface area contributed by atoms with Crippen molar-refractivity contribution in [3.8, 4) is 0 Å². The van der Waals surface area contributed by atoms with E-state index in [9.17, 15) is 10.2 Å². The first-order chi connectivity index (χ1) is 5.80. The Morgan fingerprint density at radius 3 is 1.92 bits per heavy atom. The third kappa shape index (κ3) is 4.63. The minimum Gasteiger partial charge on any atom is -0.393 e. The van der Waals surface area contributed by atoms with E-state index in [1.165, 1.54) is 0 Å². The first-order valence-corrected chi connectivity index (χ1v) is 5.20. The summed E-state index contributed by atoms with van der Waals surface area (Å²) in [5.41, 5.74) is -0.633. The summed E-state index contributed by atoms with van der Waals surface area (Å²) < 4.78 is 0. The number of hydrogen-bond acceptors (Lipinski definition) is 2. The van der Waals surface area contributed by atoms with Gasteiger partial charge in [-0.3, -0.25) is 0 Å². The van der Waals surface area contributed by atoms with Crippen LogP contribution < -0.4 is 0 Å². The Bertz CT molecular complexity index is 131. The fourth-order valence-electron chi connectivity index (χ4n) is 1.62. The van der Waals surface area contributed by atoms with Crippen LogP contribution in [0.1, 0.15) is 47.5 Å². The highest BCUT2D eigenvalue weighted by molar-refractivity contribution is 4.79.